The van der Waals surface area contributed by atoms with Crippen LogP contribution in [0.4, 0.5) is 0 Å². The number of hydrogen-bond acceptors (Lipinski definition) is 4. The van der Waals surface area contributed by atoms with Gasteiger partial charge in [-0.3, -0.25) is 0 Å². The Labute approximate surface area is 155 Å². The Bertz CT molecular complexity index is 735. The van der Waals surface area contributed by atoms with E-state index < -0.39 is 0 Å². The zero-order valence-corrected chi connectivity index (χ0v) is 16.1. The fourth-order valence-corrected chi connectivity index (χ4v) is 2.25. The van der Waals surface area contributed by atoms with Crippen LogP contribution < -0.4 is 10.1 Å². The molecule has 0 saturated heterocycles. The van der Waals surface area contributed by atoms with E-state index in [9.17, 15) is 0 Å². The molecule has 0 unspecified atom stereocenters. The molecule has 1 N–H and O–H groups in total. The van der Waals surface area contributed by atoms with Crippen molar-refractivity contribution in [3.8, 4) is 5.75 Å². The maximum Gasteiger partial charge on any atom is 0.194 e. The van der Waals surface area contributed by atoms with E-state index in [0.29, 0.717) is 26.2 Å². The summed E-state index contributed by atoms with van der Waals surface area (Å²) in [5, 5.41) is 11.5. The smallest absolute Gasteiger partial charge is 0.194 e. The quantitative estimate of drug-likeness (QED) is 0.446. The Kier molecular flexibility index (Phi) is 7.20. The van der Waals surface area contributed by atoms with Crippen LogP contribution in [0.1, 0.15) is 17.2 Å². The summed E-state index contributed by atoms with van der Waals surface area (Å²) in [5.41, 5.74) is 1.22. The topological polar surface area (TPSA) is 67.6 Å². The van der Waals surface area contributed by atoms with Crippen LogP contribution in [-0.2, 0) is 13.6 Å². The van der Waals surface area contributed by atoms with Crippen molar-refractivity contribution >= 4 is 5.96 Å². The average molecular weight is 356 g/mol. The number of rotatable bonds is 8. The van der Waals surface area contributed by atoms with Crippen molar-refractivity contribution in [3.63, 3.8) is 0 Å². The van der Waals surface area contributed by atoms with Crippen LogP contribution in [0.25, 0.3) is 0 Å². The average Bonchev–Trinajstić information content (AvgIpc) is 2.95. The number of guanidine groups is 1. The fraction of sp³-hybridized carbons (Fsp3) is 0.421. The number of aryl methyl sites for hydroxylation is 2. The molecule has 0 bridgehead atoms. The van der Waals surface area contributed by atoms with Crippen molar-refractivity contribution in [2.24, 2.45) is 12.0 Å². The van der Waals surface area contributed by atoms with Gasteiger partial charge in [0, 0.05) is 20.6 Å². The van der Waals surface area contributed by atoms with E-state index >= 15 is 0 Å². The largest absolute Gasteiger partial charge is 0.492 e. The van der Waals surface area contributed by atoms with Crippen molar-refractivity contribution in [3.05, 3.63) is 54.1 Å². The molecule has 7 nitrogen and oxygen atoms in total. The summed E-state index contributed by atoms with van der Waals surface area (Å²) in [6.45, 7) is 10.1. The van der Waals surface area contributed by atoms with E-state index in [2.05, 4.69) is 34.0 Å². The standard InChI is InChI=1S/C19H28N6O/c1-6-11-20-19(21-14-18-23-22-16(3)25(18)5)24(4)12-13-26-17-9-7-15(2)8-10-17/h6-10H,1,11-14H2,2-5H3,(H,20,21). The monoisotopic (exact) mass is 356 g/mol. The zero-order valence-electron chi connectivity index (χ0n) is 16.1. The molecule has 0 saturated carbocycles. The molecule has 0 aliphatic carbocycles. The second-order valence-electron chi connectivity index (χ2n) is 6.11. The molecule has 0 radical (unpaired) electrons. The van der Waals surface area contributed by atoms with Crippen LogP contribution in [0.15, 0.2) is 41.9 Å². The van der Waals surface area contributed by atoms with E-state index in [0.717, 1.165) is 23.4 Å². The van der Waals surface area contributed by atoms with Crippen molar-refractivity contribution in [2.75, 3.05) is 26.7 Å². The van der Waals surface area contributed by atoms with Gasteiger partial charge in [-0.15, -0.1) is 16.8 Å². The third-order valence-electron chi connectivity index (χ3n) is 4.04. The van der Waals surface area contributed by atoms with E-state index in [4.69, 9.17) is 4.74 Å². The Morgan fingerprint density at radius 1 is 1.31 bits per heavy atom. The predicted molar refractivity (Wildman–Crippen MR) is 104 cm³/mol. The predicted octanol–water partition coefficient (Wildman–Crippen LogP) is 2.07. The number of aromatic nitrogens is 3. The van der Waals surface area contributed by atoms with E-state index in [1.807, 2.05) is 54.8 Å². The Morgan fingerprint density at radius 2 is 2.04 bits per heavy atom. The highest BCUT2D eigenvalue weighted by atomic mass is 16.5. The van der Waals surface area contributed by atoms with Gasteiger partial charge < -0.3 is 19.5 Å². The van der Waals surface area contributed by atoms with Gasteiger partial charge in [-0.05, 0) is 26.0 Å². The minimum absolute atomic E-state index is 0.458. The lowest BCUT2D eigenvalue weighted by molar-refractivity contribution is 0.281. The van der Waals surface area contributed by atoms with E-state index in [1.165, 1.54) is 5.56 Å². The molecular formula is C19H28N6O. The summed E-state index contributed by atoms with van der Waals surface area (Å²) in [5.74, 6) is 3.34. The number of aliphatic imine (C=N–C) groups is 1. The highest BCUT2D eigenvalue weighted by Crippen LogP contribution is 2.11. The lowest BCUT2D eigenvalue weighted by Gasteiger charge is -2.22. The van der Waals surface area contributed by atoms with E-state index in [-0.39, 0.29) is 0 Å². The molecule has 140 valence electrons. The van der Waals surface area contributed by atoms with Crippen molar-refractivity contribution in [1.29, 1.82) is 0 Å². The highest BCUT2D eigenvalue weighted by Gasteiger charge is 2.08. The molecule has 26 heavy (non-hydrogen) atoms. The van der Waals surface area contributed by atoms with Crippen LogP contribution in [-0.4, -0.2) is 52.4 Å². The van der Waals surface area contributed by atoms with Crippen LogP contribution in [0.2, 0.25) is 0 Å². The summed E-state index contributed by atoms with van der Waals surface area (Å²) in [6, 6.07) is 8.05. The Balaban J connectivity index is 1.93. The summed E-state index contributed by atoms with van der Waals surface area (Å²) < 4.78 is 7.74. The lowest BCUT2D eigenvalue weighted by atomic mass is 10.2. The number of hydrogen-bond donors (Lipinski definition) is 1. The summed E-state index contributed by atoms with van der Waals surface area (Å²) in [4.78, 5) is 6.68. The van der Waals surface area contributed by atoms with Crippen LogP contribution >= 0.6 is 0 Å². The first-order valence-corrected chi connectivity index (χ1v) is 8.66. The van der Waals surface area contributed by atoms with Gasteiger partial charge in [-0.1, -0.05) is 23.8 Å². The Morgan fingerprint density at radius 3 is 2.65 bits per heavy atom. The Hall–Kier alpha value is -2.83. The number of likely N-dealkylation sites (N-methyl/N-ethyl adjacent to an activating group) is 1. The zero-order chi connectivity index (χ0) is 18.9. The molecule has 0 aliphatic rings. The third-order valence-corrected chi connectivity index (χ3v) is 4.04. The first-order chi connectivity index (χ1) is 12.5. The molecule has 7 heteroatoms. The number of benzene rings is 1. The van der Waals surface area contributed by atoms with Gasteiger partial charge in [-0.25, -0.2) is 4.99 Å². The van der Waals surface area contributed by atoms with Crippen molar-refractivity contribution < 1.29 is 4.74 Å². The minimum atomic E-state index is 0.458. The minimum Gasteiger partial charge on any atom is -0.492 e. The second-order valence-corrected chi connectivity index (χ2v) is 6.11. The molecule has 0 amide bonds. The number of ether oxygens (including phenoxy) is 1. The molecule has 0 atom stereocenters. The van der Waals surface area contributed by atoms with Gasteiger partial charge >= 0.3 is 0 Å². The second kappa shape index (κ2) is 9.60. The maximum atomic E-state index is 5.80. The van der Waals surface area contributed by atoms with Gasteiger partial charge in [0.05, 0.1) is 6.54 Å². The molecule has 2 rings (SSSR count). The SMILES string of the molecule is C=CCNC(=NCc1nnc(C)n1C)N(C)CCOc1ccc(C)cc1. The third kappa shape index (κ3) is 5.61. The van der Waals surface area contributed by atoms with Crippen LogP contribution in [0.5, 0.6) is 5.75 Å². The van der Waals surface area contributed by atoms with Crippen molar-refractivity contribution in [2.45, 2.75) is 20.4 Å². The molecular weight excluding hydrogens is 328 g/mol. The molecule has 0 fully saturated rings. The number of nitrogens with one attached hydrogen (secondary N) is 1. The van der Waals surface area contributed by atoms with Gasteiger partial charge in [-0.2, -0.15) is 0 Å². The summed E-state index contributed by atoms with van der Waals surface area (Å²) >= 11 is 0. The first-order valence-electron chi connectivity index (χ1n) is 8.66. The molecule has 1 aromatic heterocycles. The molecule has 1 aromatic carbocycles. The normalized spacial score (nSPS) is 11.3. The van der Waals surface area contributed by atoms with Gasteiger partial charge in [0.25, 0.3) is 0 Å². The summed E-state index contributed by atoms with van der Waals surface area (Å²) in [6.07, 6.45) is 1.80. The fourth-order valence-electron chi connectivity index (χ4n) is 2.25. The van der Waals surface area contributed by atoms with Gasteiger partial charge in [0.1, 0.15) is 24.7 Å². The molecule has 0 aliphatic heterocycles. The number of nitrogens with zero attached hydrogens (tertiary/aromatic N) is 5. The summed E-state index contributed by atoms with van der Waals surface area (Å²) in [7, 11) is 3.92. The van der Waals surface area contributed by atoms with E-state index in [1.54, 1.807) is 6.08 Å². The maximum absolute atomic E-state index is 5.80. The van der Waals surface area contributed by atoms with Crippen LogP contribution in [0.3, 0.4) is 0 Å². The molecule has 0 spiro atoms. The molecule has 2 aromatic rings. The van der Waals surface area contributed by atoms with Gasteiger partial charge in [0.15, 0.2) is 11.8 Å². The van der Waals surface area contributed by atoms with Gasteiger partial charge in [0.2, 0.25) is 0 Å². The lowest BCUT2D eigenvalue weighted by Crippen LogP contribution is -2.41. The highest BCUT2D eigenvalue weighted by molar-refractivity contribution is 5.79. The van der Waals surface area contributed by atoms with Crippen LogP contribution in [0, 0.1) is 13.8 Å². The molecule has 1 heterocycles. The van der Waals surface area contributed by atoms with Crippen molar-refractivity contribution in [1.82, 2.24) is 25.0 Å². The first kappa shape index (κ1) is 19.5.